The van der Waals surface area contributed by atoms with Gasteiger partial charge in [-0.3, -0.25) is 14.3 Å². The normalized spacial score (nSPS) is 21.6. The number of β-lactam (4-membered cyclic amide) rings is 1. The van der Waals surface area contributed by atoms with E-state index in [0.29, 0.717) is 22.6 Å². The summed E-state index contributed by atoms with van der Waals surface area (Å²) in [5.74, 6) is -1.47. The van der Waals surface area contributed by atoms with E-state index in [1.165, 1.54) is 23.5 Å². The van der Waals surface area contributed by atoms with Crippen molar-refractivity contribution in [2.24, 2.45) is 0 Å². The summed E-state index contributed by atoms with van der Waals surface area (Å²) in [6.07, 6.45) is -0.846. The van der Waals surface area contributed by atoms with Gasteiger partial charge in [-0.05, 0) is 6.92 Å². The molecule has 0 unspecified atom stereocenters. The van der Waals surface area contributed by atoms with Crippen LogP contribution in [0.2, 0.25) is 0 Å². The molecule has 0 spiro atoms. The SMILES string of the molecule is COC(=O)C1=C(C)O[C@H](CO)[C@H]2[C@@H](n3c(-c4ccccc4)c(-c4ccccc4)oc3=O)C(=O)N12. The zero-order valence-electron chi connectivity index (χ0n) is 18.5. The van der Waals surface area contributed by atoms with Gasteiger partial charge in [0.2, 0.25) is 0 Å². The molecule has 0 saturated carbocycles. The number of benzene rings is 2. The van der Waals surface area contributed by atoms with Gasteiger partial charge in [0.25, 0.3) is 5.91 Å². The Morgan fingerprint density at radius 2 is 1.65 bits per heavy atom. The van der Waals surface area contributed by atoms with Crippen molar-refractivity contribution in [3.05, 3.63) is 82.7 Å². The third-order valence-electron chi connectivity index (χ3n) is 6.16. The molecule has 1 saturated heterocycles. The van der Waals surface area contributed by atoms with Gasteiger partial charge in [-0.15, -0.1) is 0 Å². The number of nitrogens with zero attached hydrogens (tertiary/aromatic N) is 2. The first-order chi connectivity index (χ1) is 16.5. The highest BCUT2D eigenvalue weighted by atomic mass is 16.5. The summed E-state index contributed by atoms with van der Waals surface area (Å²) in [5, 5.41) is 9.99. The molecular weight excluding hydrogens is 440 g/mol. The summed E-state index contributed by atoms with van der Waals surface area (Å²) in [7, 11) is 1.21. The second-order valence-corrected chi connectivity index (χ2v) is 8.03. The average Bonchev–Trinajstić information content (AvgIpc) is 3.20. The quantitative estimate of drug-likeness (QED) is 0.458. The van der Waals surface area contributed by atoms with Crippen molar-refractivity contribution in [2.45, 2.75) is 25.1 Å². The maximum atomic E-state index is 13.5. The Balaban J connectivity index is 1.70. The first-order valence-electron chi connectivity index (χ1n) is 10.7. The molecule has 3 heterocycles. The highest BCUT2D eigenvalue weighted by Crippen LogP contribution is 2.45. The van der Waals surface area contributed by atoms with E-state index in [0.717, 1.165) is 0 Å². The average molecular weight is 462 g/mol. The van der Waals surface area contributed by atoms with Gasteiger partial charge in [0.1, 0.15) is 23.9 Å². The van der Waals surface area contributed by atoms with E-state index in [1.54, 1.807) is 0 Å². The Kier molecular flexibility index (Phi) is 5.33. The number of hydrogen-bond acceptors (Lipinski definition) is 7. The van der Waals surface area contributed by atoms with E-state index < -0.39 is 42.4 Å². The molecular formula is C25H22N2O7. The smallest absolute Gasteiger partial charge is 0.420 e. The number of esters is 1. The molecule has 174 valence electrons. The minimum absolute atomic E-state index is 0.0421. The third-order valence-corrected chi connectivity index (χ3v) is 6.16. The Morgan fingerprint density at radius 1 is 1.03 bits per heavy atom. The van der Waals surface area contributed by atoms with Crippen molar-refractivity contribution in [1.29, 1.82) is 0 Å². The molecule has 2 aliphatic rings. The minimum atomic E-state index is -1.05. The van der Waals surface area contributed by atoms with Gasteiger partial charge in [0, 0.05) is 11.1 Å². The van der Waals surface area contributed by atoms with Gasteiger partial charge in [-0.2, -0.15) is 0 Å². The van der Waals surface area contributed by atoms with Crippen molar-refractivity contribution < 1.29 is 28.6 Å². The number of allylic oxidation sites excluding steroid dienone is 1. The first kappa shape index (κ1) is 21.7. The Hall–Kier alpha value is -4.11. The number of rotatable bonds is 5. The molecule has 1 fully saturated rings. The van der Waals surface area contributed by atoms with Crippen molar-refractivity contribution in [2.75, 3.05) is 13.7 Å². The first-order valence-corrected chi connectivity index (χ1v) is 10.7. The van der Waals surface area contributed by atoms with Crippen LogP contribution in [0.4, 0.5) is 0 Å². The number of oxazole rings is 1. The fourth-order valence-electron chi connectivity index (χ4n) is 4.68. The predicted molar refractivity (Wildman–Crippen MR) is 120 cm³/mol. The number of amides is 1. The molecule has 1 amide bonds. The lowest BCUT2D eigenvalue weighted by molar-refractivity contribution is -0.172. The lowest BCUT2D eigenvalue weighted by atomic mass is 9.86. The number of hydrogen-bond donors (Lipinski definition) is 1. The molecule has 0 aliphatic carbocycles. The van der Waals surface area contributed by atoms with Crippen LogP contribution in [0.1, 0.15) is 13.0 Å². The van der Waals surface area contributed by atoms with Crippen molar-refractivity contribution in [1.82, 2.24) is 9.47 Å². The molecule has 9 heteroatoms. The fourth-order valence-corrected chi connectivity index (χ4v) is 4.68. The molecule has 0 bridgehead atoms. The van der Waals surface area contributed by atoms with Crippen LogP contribution in [0.25, 0.3) is 22.6 Å². The summed E-state index contributed by atoms with van der Waals surface area (Å²) in [4.78, 5) is 40.3. The number of aromatic nitrogens is 1. The number of aliphatic hydroxyl groups excluding tert-OH is 1. The van der Waals surface area contributed by atoms with Crippen molar-refractivity contribution >= 4 is 11.9 Å². The highest BCUT2D eigenvalue weighted by molar-refractivity contribution is 6.00. The van der Waals surface area contributed by atoms with Crippen LogP contribution in [0.15, 0.2) is 81.3 Å². The minimum Gasteiger partial charge on any atom is -0.488 e. The van der Waals surface area contributed by atoms with E-state index >= 15 is 0 Å². The summed E-state index contributed by atoms with van der Waals surface area (Å²) in [5.41, 5.74) is 1.73. The summed E-state index contributed by atoms with van der Waals surface area (Å²) >= 11 is 0. The monoisotopic (exact) mass is 462 g/mol. The number of ether oxygens (including phenoxy) is 2. The van der Waals surface area contributed by atoms with Crippen LogP contribution in [-0.2, 0) is 19.1 Å². The van der Waals surface area contributed by atoms with E-state index in [-0.39, 0.29) is 11.5 Å². The Bertz CT molecular complexity index is 1340. The molecule has 3 atom stereocenters. The second-order valence-electron chi connectivity index (χ2n) is 8.03. The van der Waals surface area contributed by atoms with Gasteiger partial charge in [-0.25, -0.2) is 9.59 Å². The van der Waals surface area contributed by atoms with Gasteiger partial charge in [-0.1, -0.05) is 60.7 Å². The number of carbonyl (C=O) groups is 2. The van der Waals surface area contributed by atoms with Crippen molar-refractivity contribution in [3.63, 3.8) is 0 Å². The van der Waals surface area contributed by atoms with Crippen LogP contribution in [0, 0.1) is 0 Å². The molecule has 3 aromatic rings. The van der Waals surface area contributed by atoms with Crippen LogP contribution >= 0.6 is 0 Å². The molecule has 2 aromatic carbocycles. The van der Waals surface area contributed by atoms with Crippen LogP contribution in [0.3, 0.4) is 0 Å². The number of methoxy groups -OCH3 is 1. The number of aliphatic hydroxyl groups is 1. The third kappa shape index (κ3) is 3.16. The molecule has 5 rings (SSSR count). The van der Waals surface area contributed by atoms with E-state index in [2.05, 4.69) is 0 Å². The van der Waals surface area contributed by atoms with Crippen LogP contribution < -0.4 is 5.76 Å². The molecule has 0 radical (unpaired) electrons. The maximum absolute atomic E-state index is 13.5. The van der Waals surface area contributed by atoms with Gasteiger partial charge < -0.3 is 19.0 Å². The van der Waals surface area contributed by atoms with Gasteiger partial charge in [0.15, 0.2) is 11.5 Å². The van der Waals surface area contributed by atoms with E-state index in [1.807, 2.05) is 60.7 Å². The fraction of sp³-hybridized carbons (Fsp3) is 0.240. The van der Waals surface area contributed by atoms with Gasteiger partial charge in [0.05, 0.1) is 19.4 Å². The second kappa shape index (κ2) is 8.35. The van der Waals surface area contributed by atoms with Crippen LogP contribution in [-0.4, -0.2) is 52.3 Å². The Morgan fingerprint density at radius 3 is 2.24 bits per heavy atom. The summed E-state index contributed by atoms with van der Waals surface area (Å²) in [6, 6.07) is 16.4. The molecule has 2 aliphatic heterocycles. The van der Waals surface area contributed by atoms with E-state index in [4.69, 9.17) is 13.9 Å². The van der Waals surface area contributed by atoms with E-state index in [9.17, 15) is 19.5 Å². The lowest BCUT2D eigenvalue weighted by Crippen LogP contribution is -2.69. The maximum Gasteiger partial charge on any atom is 0.420 e. The molecule has 1 aromatic heterocycles. The topological polar surface area (TPSA) is 111 Å². The Labute approximate surface area is 194 Å². The molecule has 1 N–H and O–H groups in total. The van der Waals surface area contributed by atoms with Crippen LogP contribution in [0.5, 0.6) is 0 Å². The van der Waals surface area contributed by atoms with Crippen molar-refractivity contribution in [3.8, 4) is 22.6 Å². The number of carbonyl (C=O) groups excluding carboxylic acids is 2. The number of fused-ring (bicyclic) bond motifs is 1. The lowest BCUT2D eigenvalue weighted by Gasteiger charge is -2.52. The highest BCUT2D eigenvalue weighted by Gasteiger charge is 2.60. The zero-order valence-corrected chi connectivity index (χ0v) is 18.5. The summed E-state index contributed by atoms with van der Waals surface area (Å²) < 4.78 is 17.6. The van der Waals surface area contributed by atoms with Gasteiger partial charge >= 0.3 is 11.7 Å². The standard InChI is InChI=1S/C25H22N2O7/c1-14-18(24(30)32-2)26-20(17(13-28)33-14)21(23(26)29)27-19(15-9-5-3-6-10-15)22(34-25(27)31)16-11-7-4-8-12-16/h3-12,17,20-21,28H,13H2,1-2H3/t17-,20+,21-/m1/s1. The molecule has 34 heavy (non-hydrogen) atoms. The zero-order chi connectivity index (χ0) is 24.0. The predicted octanol–water partition coefficient (Wildman–Crippen LogP) is 2.32. The molecule has 9 nitrogen and oxygen atoms in total. The summed E-state index contributed by atoms with van der Waals surface area (Å²) in [6.45, 7) is 1.11. The largest absolute Gasteiger partial charge is 0.488 e.